The van der Waals surface area contributed by atoms with Gasteiger partial charge in [0.2, 0.25) is 11.8 Å². The predicted molar refractivity (Wildman–Crippen MR) is 109 cm³/mol. The standard InChI is InChI=1S/C22H24N4O3/c1-3-23-20(27)14-8-10-16(12-14)26(2)22(28)18-11-9-15(13-24-18)21-25-17-6-4-5-7-19(17)29-21/h4-7,9,11,13-14,16H,3,8,10,12H2,1-2H3,(H,23,27). The topological polar surface area (TPSA) is 88.3 Å². The van der Waals surface area contributed by atoms with Crippen LogP contribution in [-0.2, 0) is 4.79 Å². The lowest BCUT2D eigenvalue weighted by Crippen LogP contribution is -2.37. The first kappa shape index (κ1) is 19.1. The molecule has 1 aliphatic carbocycles. The molecule has 3 aromatic rings. The number of para-hydroxylation sites is 2. The minimum absolute atomic E-state index is 0.0234. The summed E-state index contributed by atoms with van der Waals surface area (Å²) in [5, 5.41) is 2.87. The third kappa shape index (κ3) is 3.85. The van der Waals surface area contributed by atoms with Crippen molar-refractivity contribution in [1.82, 2.24) is 20.2 Å². The number of benzene rings is 1. The molecule has 29 heavy (non-hydrogen) atoms. The monoisotopic (exact) mass is 392 g/mol. The lowest BCUT2D eigenvalue weighted by Gasteiger charge is -2.24. The molecular formula is C22H24N4O3. The van der Waals surface area contributed by atoms with E-state index in [1.807, 2.05) is 31.2 Å². The van der Waals surface area contributed by atoms with Gasteiger partial charge in [-0.1, -0.05) is 12.1 Å². The molecule has 1 aliphatic rings. The number of carbonyl (C=O) groups excluding carboxylic acids is 2. The van der Waals surface area contributed by atoms with Gasteiger partial charge in [-0.25, -0.2) is 4.98 Å². The number of rotatable bonds is 5. The van der Waals surface area contributed by atoms with E-state index in [0.717, 1.165) is 23.9 Å². The predicted octanol–water partition coefficient (Wildman–Crippen LogP) is 3.27. The molecule has 1 aromatic carbocycles. The first-order valence-electron chi connectivity index (χ1n) is 9.93. The molecule has 7 heteroatoms. The van der Waals surface area contributed by atoms with Crippen LogP contribution < -0.4 is 5.32 Å². The second kappa shape index (κ2) is 8.03. The fourth-order valence-corrected chi connectivity index (χ4v) is 3.86. The van der Waals surface area contributed by atoms with Gasteiger partial charge in [-0.15, -0.1) is 0 Å². The number of oxazole rings is 1. The molecule has 1 saturated carbocycles. The maximum Gasteiger partial charge on any atom is 0.272 e. The van der Waals surface area contributed by atoms with E-state index in [1.54, 1.807) is 30.3 Å². The van der Waals surface area contributed by atoms with Gasteiger partial charge in [-0.2, -0.15) is 0 Å². The second-order valence-electron chi connectivity index (χ2n) is 7.39. The highest BCUT2D eigenvalue weighted by atomic mass is 16.3. The average molecular weight is 392 g/mol. The zero-order valence-electron chi connectivity index (χ0n) is 16.6. The van der Waals surface area contributed by atoms with Crippen molar-refractivity contribution in [1.29, 1.82) is 0 Å². The van der Waals surface area contributed by atoms with Gasteiger partial charge in [0.25, 0.3) is 5.91 Å². The van der Waals surface area contributed by atoms with E-state index in [0.29, 0.717) is 30.1 Å². The molecule has 2 aromatic heterocycles. The number of hydrogen-bond donors (Lipinski definition) is 1. The van der Waals surface area contributed by atoms with Crippen molar-refractivity contribution < 1.29 is 14.0 Å². The Morgan fingerprint density at radius 2 is 2.03 bits per heavy atom. The maximum atomic E-state index is 12.8. The average Bonchev–Trinajstić information content (AvgIpc) is 3.40. The molecule has 1 fully saturated rings. The lowest BCUT2D eigenvalue weighted by atomic mass is 10.1. The molecule has 0 radical (unpaired) electrons. The van der Waals surface area contributed by atoms with Gasteiger partial charge >= 0.3 is 0 Å². The first-order valence-corrected chi connectivity index (χ1v) is 9.93. The van der Waals surface area contributed by atoms with Crippen molar-refractivity contribution in [2.45, 2.75) is 32.2 Å². The Kier molecular flexibility index (Phi) is 5.29. The first-order chi connectivity index (χ1) is 14.1. The summed E-state index contributed by atoms with van der Waals surface area (Å²) in [6.45, 7) is 2.54. The van der Waals surface area contributed by atoms with Crippen molar-refractivity contribution in [3.05, 3.63) is 48.3 Å². The Labute approximate surface area is 169 Å². The number of nitrogens with zero attached hydrogens (tertiary/aromatic N) is 3. The SMILES string of the molecule is CCNC(=O)C1CCC(N(C)C(=O)c2ccc(-c3nc4ccccc4o3)cn2)C1. The Morgan fingerprint density at radius 1 is 1.21 bits per heavy atom. The summed E-state index contributed by atoms with van der Waals surface area (Å²) in [4.78, 5) is 35.4. The van der Waals surface area contributed by atoms with Crippen LogP contribution in [0.5, 0.6) is 0 Å². The number of nitrogens with one attached hydrogen (secondary N) is 1. The van der Waals surface area contributed by atoms with Gasteiger partial charge in [0.05, 0.1) is 5.56 Å². The van der Waals surface area contributed by atoms with Gasteiger partial charge in [0.15, 0.2) is 5.58 Å². The summed E-state index contributed by atoms with van der Waals surface area (Å²) >= 11 is 0. The van der Waals surface area contributed by atoms with Crippen LogP contribution in [0.15, 0.2) is 47.0 Å². The summed E-state index contributed by atoms with van der Waals surface area (Å²) in [7, 11) is 1.78. The van der Waals surface area contributed by atoms with Crippen LogP contribution in [0.25, 0.3) is 22.6 Å². The van der Waals surface area contributed by atoms with Crippen molar-refractivity contribution in [2.24, 2.45) is 5.92 Å². The van der Waals surface area contributed by atoms with E-state index in [1.165, 1.54) is 0 Å². The van der Waals surface area contributed by atoms with Crippen LogP contribution in [0.2, 0.25) is 0 Å². The molecule has 2 heterocycles. The lowest BCUT2D eigenvalue weighted by molar-refractivity contribution is -0.124. The third-order valence-electron chi connectivity index (χ3n) is 5.52. The highest BCUT2D eigenvalue weighted by Crippen LogP contribution is 2.30. The summed E-state index contributed by atoms with van der Waals surface area (Å²) in [6.07, 6.45) is 3.93. The van der Waals surface area contributed by atoms with Crippen LogP contribution in [0, 0.1) is 5.92 Å². The maximum absolute atomic E-state index is 12.8. The van der Waals surface area contributed by atoms with E-state index in [4.69, 9.17) is 4.42 Å². The molecular weight excluding hydrogens is 368 g/mol. The van der Waals surface area contributed by atoms with E-state index >= 15 is 0 Å². The van der Waals surface area contributed by atoms with Crippen molar-refractivity contribution >= 4 is 22.9 Å². The summed E-state index contributed by atoms with van der Waals surface area (Å²) in [6, 6.07) is 11.1. The number of fused-ring (bicyclic) bond motifs is 1. The summed E-state index contributed by atoms with van der Waals surface area (Å²) in [5.41, 5.74) is 2.59. The van der Waals surface area contributed by atoms with Crippen LogP contribution in [0.3, 0.4) is 0 Å². The second-order valence-corrected chi connectivity index (χ2v) is 7.39. The van der Waals surface area contributed by atoms with Crippen LogP contribution >= 0.6 is 0 Å². The number of pyridine rings is 1. The number of hydrogen-bond acceptors (Lipinski definition) is 5. The van der Waals surface area contributed by atoms with Crippen LogP contribution in [0.1, 0.15) is 36.7 Å². The number of carbonyl (C=O) groups is 2. The van der Waals surface area contributed by atoms with Crippen molar-refractivity contribution in [3.63, 3.8) is 0 Å². The highest BCUT2D eigenvalue weighted by molar-refractivity contribution is 5.92. The zero-order valence-corrected chi connectivity index (χ0v) is 16.6. The molecule has 150 valence electrons. The van der Waals surface area contributed by atoms with Crippen LogP contribution in [0.4, 0.5) is 0 Å². The Morgan fingerprint density at radius 3 is 2.76 bits per heavy atom. The molecule has 0 saturated heterocycles. The third-order valence-corrected chi connectivity index (χ3v) is 5.52. The Balaban J connectivity index is 1.44. The Bertz CT molecular complexity index is 995. The fourth-order valence-electron chi connectivity index (χ4n) is 3.86. The quantitative estimate of drug-likeness (QED) is 0.720. The highest BCUT2D eigenvalue weighted by Gasteiger charge is 2.34. The number of aromatic nitrogens is 2. The molecule has 0 aliphatic heterocycles. The largest absolute Gasteiger partial charge is 0.436 e. The Hall–Kier alpha value is -3.22. The molecule has 1 N–H and O–H groups in total. The smallest absolute Gasteiger partial charge is 0.272 e. The van der Waals surface area contributed by atoms with Crippen molar-refractivity contribution in [2.75, 3.05) is 13.6 Å². The van der Waals surface area contributed by atoms with Gasteiger partial charge in [0.1, 0.15) is 11.2 Å². The fraction of sp³-hybridized carbons (Fsp3) is 0.364. The minimum atomic E-state index is -0.143. The van der Waals surface area contributed by atoms with E-state index in [-0.39, 0.29) is 23.8 Å². The van der Waals surface area contributed by atoms with Crippen LogP contribution in [-0.4, -0.2) is 46.3 Å². The molecule has 2 amide bonds. The molecule has 0 bridgehead atoms. The molecule has 2 atom stereocenters. The normalized spacial score (nSPS) is 18.7. The van der Waals surface area contributed by atoms with Crippen molar-refractivity contribution in [3.8, 4) is 11.5 Å². The van der Waals surface area contributed by atoms with Gasteiger partial charge < -0.3 is 14.6 Å². The molecule has 4 rings (SSSR count). The molecule has 2 unspecified atom stereocenters. The summed E-state index contributed by atoms with van der Waals surface area (Å²) < 4.78 is 5.75. The summed E-state index contributed by atoms with van der Waals surface area (Å²) in [5.74, 6) is 0.392. The molecule has 7 nitrogen and oxygen atoms in total. The van der Waals surface area contributed by atoms with E-state index in [9.17, 15) is 9.59 Å². The van der Waals surface area contributed by atoms with E-state index in [2.05, 4.69) is 15.3 Å². The number of amides is 2. The van der Waals surface area contributed by atoms with E-state index < -0.39 is 0 Å². The van der Waals surface area contributed by atoms with Gasteiger partial charge in [-0.05, 0) is 50.5 Å². The zero-order chi connectivity index (χ0) is 20.4. The molecule has 0 spiro atoms. The van der Waals surface area contributed by atoms with Gasteiger partial charge in [-0.3, -0.25) is 14.6 Å². The van der Waals surface area contributed by atoms with Gasteiger partial charge in [0, 0.05) is 31.7 Å². The minimum Gasteiger partial charge on any atom is -0.436 e.